The van der Waals surface area contributed by atoms with Crippen LogP contribution in [-0.4, -0.2) is 27.0 Å². The van der Waals surface area contributed by atoms with Gasteiger partial charge in [-0.2, -0.15) is 5.10 Å². The van der Waals surface area contributed by atoms with Gasteiger partial charge in [0, 0.05) is 25.7 Å². The molecule has 4 nitrogen and oxygen atoms in total. The molecule has 5 heteroatoms. The number of halogens is 1. The highest BCUT2D eigenvalue weighted by molar-refractivity contribution is 6.30. The van der Waals surface area contributed by atoms with Crippen molar-refractivity contribution >= 4 is 11.6 Å². The normalized spacial score (nSPS) is 14.9. The van der Waals surface area contributed by atoms with Crippen LogP contribution in [0.4, 0.5) is 0 Å². The van der Waals surface area contributed by atoms with Crippen molar-refractivity contribution in [2.45, 2.75) is 45.8 Å². The molecule has 1 aromatic heterocycles. The minimum atomic E-state index is -0.655. The van der Waals surface area contributed by atoms with Crippen molar-refractivity contribution in [3.63, 3.8) is 0 Å². The van der Waals surface area contributed by atoms with E-state index >= 15 is 0 Å². The van der Waals surface area contributed by atoms with Crippen LogP contribution in [0.2, 0.25) is 5.15 Å². The monoisotopic (exact) mass is 259 g/mol. The van der Waals surface area contributed by atoms with Crippen LogP contribution < -0.4 is 5.32 Å². The maximum Gasteiger partial charge on any atom is 0.131 e. The molecule has 0 aromatic carbocycles. The molecule has 0 bridgehead atoms. The first-order chi connectivity index (χ1) is 7.87. The van der Waals surface area contributed by atoms with Crippen molar-refractivity contribution in [1.82, 2.24) is 15.1 Å². The van der Waals surface area contributed by atoms with Gasteiger partial charge >= 0.3 is 0 Å². The first kappa shape index (κ1) is 14.5. The fourth-order valence-electron chi connectivity index (χ4n) is 1.96. The Bertz CT molecular complexity index is 374. The summed E-state index contributed by atoms with van der Waals surface area (Å²) in [5.41, 5.74) is 1.28. The summed E-state index contributed by atoms with van der Waals surface area (Å²) in [6, 6.07) is 0. The summed E-state index contributed by atoms with van der Waals surface area (Å²) < 4.78 is 1.66. The standard InChI is InChI=1S/C12H22ClN3O/c1-5-6-12(3,17)8-14-7-10-9(2)15-16(4)11(10)13/h14,17H,5-8H2,1-4H3. The van der Waals surface area contributed by atoms with Crippen LogP contribution in [0, 0.1) is 6.92 Å². The Kier molecular flexibility index (Phi) is 4.98. The first-order valence-corrected chi connectivity index (χ1v) is 6.36. The molecule has 17 heavy (non-hydrogen) atoms. The Morgan fingerprint density at radius 1 is 1.53 bits per heavy atom. The van der Waals surface area contributed by atoms with Crippen LogP contribution in [-0.2, 0) is 13.6 Å². The molecule has 0 saturated heterocycles. The van der Waals surface area contributed by atoms with Gasteiger partial charge in [-0.25, -0.2) is 0 Å². The van der Waals surface area contributed by atoms with Gasteiger partial charge in [0.2, 0.25) is 0 Å². The molecule has 1 unspecified atom stereocenters. The van der Waals surface area contributed by atoms with E-state index in [1.165, 1.54) is 0 Å². The zero-order chi connectivity index (χ0) is 13.1. The first-order valence-electron chi connectivity index (χ1n) is 5.98. The Hall–Kier alpha value is -0.580. The SMILES string of the molecule is CCCC(C)(O)CNCc1c(C)nn(C)c1Cl. The van der Waals surface area contributed by atoms with Gasteiger partial charge in [-0.15, -0.1) is 0 Å². The van der Waals surface area contributed by atoms with Gasteiger partial charge in [0.15, 0.2) is 0 Å². The van der Waals surface area contributed by atoms with Gasteiger partial charge in [-0.05, 0) is 20.3 Å². The van der Waals surface area contributed by atoms with Gasteiger partial charge in [0.25, 0.3) is 0 Å². The molecule has 0 aliphatic heterocycles. The minimum Gasteiger partial charge on any atom is -0.389 e. The summed E-state index contributed by atoms with van der Waals surface area (Å²) in [7, 11) is 1.83. The largest absolute Gasteiger partial charge is 0.389 e. The number of rotatable bonds is 6. The van der Waals surface area contributed by atoms with Crippen molar-refractivity contribution in [3.8, 4) is 0 Å². The molecular formula is C12H22ClN3O. The van der Waals surface area contributed by atoms with E-state index in [0.29, 0.717) is 18.2 Å². The topological polar surface area (TPSA) is 50.1 Å². The summed E-state index contributed by atoms with van der Waals surface area (Å²) in [6.07, 6.45) is 1.76. The summed E-state index contributed by atoms with van der Waals surface area (Å²) >= 11 is 6.12. The van der Waals surface area contributed by atoms with Gasteiger partial charge in [0.1, 0.15) is 5.15 Å². The van der Waals surface area contributed by atoms with E-state index in [0.717, 1.165) is 24.1 Å². The van der Waals surface area contributed by atoms with E-state index < -0.39 is 5.60 Å². The van der Waals surface area contributed by atoms with Crippen molar-refractivity contribution < 1.29 is 5.11 Å². The molecule has 0 fully saturated rings. The Labute approximate surface area is 108 Å². The van der Waals surface area contributed by atoms with Crippen LogP contribution >= 0.6 is 11.6 Å². The minimum absolute atomic E-state index is 0.561. The van der Waals surface area contributed by atoms with Gasteiger partial charge in [0.05, 0.1) is 11.3 Å². The second kappa shape index (κ2) is 5.85. The average Bonchev–Trinajstić information content (AvgIpc) is 2.44. The molecule has 1 rings (SSSR count). The molecule has 0 saturated carbocycles. The predicted molar refractivity (Wildman–Crippen MR) is 70.2 cm³/mol. The molecule has 1 aromatic rings. The quantitative estimate of drug-likeness (QED) is 0.822. The smallest absolute Gasteiger partial charge is 0.131 e. The lowest BCUT2D eigenvalue weighted by molar-refractivity contribution is 0.0498. The number of aliphatic hydroxyl groups is 1. The van der Waals surface area contributed by atoms with Crippen LogP contribution in [0.25, 0.3) is 0 Å². The molecule has 1 heterocycles. The number of aryl methyl sites for hydroxylation is 2. The zero-order valence-corrected chi connectivity index (χ0v) is 11.8. The van der Waals surface area contributed by atoms with Crippen molar-refractivity contribution in [3.05, 3.63) is 16.4 Å². The number of hydrogen-bond acceptors (Lipinski definition) is 3. The van der Waals surface area contributed by atoms with E-state index in [4.69, 9.17) is 11.6 Å². The summed E-state index contributed by atoms with van der Waals surface area (Å²) in [4.78, 5) is 0. The fraction of sp³-hybridized carbons (Fsp3) is 0.750. The van der Waals surface area contributed by atoms with Crippen LogP contribution in [0.5, 0.6) is 0 Å². The molecule has 1 atom stereocenters. The predicted octanol–water partition coefficient (Wildman–Crippen LogP) is 2.02. The number of hydrogen-bond donors (Lipinski definition) is 2. The third-order valence-electron chi connectivity index (χ3n) is 2.87. The fourth-order valence-corrected chi connectivity index (χ4v) is 2.20. The lowest BCUT2D eigenvalue weighted by Gasteiger charge is -2.23. The lowest BCUT2D eigenvalue weighted by Crippen LogP contribution is -2.37. The van der Waals surface area contributed by atoms with Crippen molar-refractivity contribution in [2.75, 3.05) is 6.54 Å². The zero-order valence-electron chi connectivity index (χ0n) is 11.0. The molecule has 0 radical (unpaired) electrons. The van der Waals surface area contributed by atoms with Crippen LogP contribution in [0.3, 0.4) is 0 Å². The molecule has 0 aliphatic carbocycles. The summed E-state index contributed by atoms with van der Waals surface area (Å²) in [5, 5.41) is 18.2. The third kappa shape index (κ3) is 3.98. The van der Waals surface area contributed by atoms with Gasteiger partial charge < -0.3 is 10.4 Å². The Balaban J connectivity index is 2.51. The highest BCUT2D eigenvalue weighted by Crippen LogP contribution is 2.18. The molecule has 0 aliphatic rings. The van der Waals surface area contributed by atoms with E-state index in [2.05, 4.69) is 17.3 Å². The highest BCUT2D eigenvalue weighted by Gasteiger charge is 2.19. The average molecular weight is 260 g/mol. The molecule has 2 N–H and O–H groups in total. The van der Waals surface area contributed by atoms with E-state index in [1.807, 2.05) is 20.9 Å². The van der Waals surface area contributed by atoms with Crippen LogP contribution in [0.1, 0.15) is 37.9 Å². The Morgan fingerprint density at radius 3 is 2.65 bits per heavy atom. The van der Waals surface area contributed by atoms with E-state index in [9.17, 15) is 5.11 Å². The van der Waals surface area contributed by atoms with Gasteiger partial charge in [-0.3, -0.25) is 4.68 Å². The molecule has 0 amide bonds. The van der Waals surface area contributed by atoms with E-state index in [1.54, 1.807) is 4.68 Å². The number of aromatic nitrogens is 2. The highest BCUT2D eigenvalue weighted by atomic mass is 35.5. The number of nitrogens with zero attached hydrogens (tertiary/aromatic N) is 2. The second-order valence-electron chi connectivity index (χ2n) is 4.83. The Morgan fingerprint density at radius 2 is 2.18 bits per heavy atom. The van der Waals surface area contributed by atoms with Crippen molar-refractivity contribution in [2.24, 2.45) is 7.05 Å². The van der Waals surface area contributed by atoms with E-state index in [-0.39, 0.29) is 0 Å². The lowest BCUT2D eigenvalue weighted by atomic mass is 10.0. The van der Waals surface area contributed by atoms with Crippen molar-refractivity contribution in [1.29, 1.82) is 0 Å². The van der Waals surface area contributed by atoms with Crippen LogP contribution in [0.15, 0.2) is 0 Å². The summed E-state index contributed by atoms with van der Waals surface area (Å²) in [5.74, 6) is 0. The molecule has 98 valence electrons. The maximum absolute atomic E-state index is 10.0. The summed E-state index contributed by atoms with van der Waals surface area (Å²) in [6.45, 7) is 7.05. The molecular weight excluding hydrogens is 238 g/mol. The third-order valence-corrected chi connectivity index (χ3v) is 3.34. The molecule has 0 spiro atoms. The maximum atomic E-state index is 10.0. The van der Waals surface area contributed by atoms with Gasteiger partial charge in [-0.1, -0.05) is 24.9 Å². The number of nitrogens with one attached hydrogen (secondary N) is 1. The second-order valence-corrected chi connectivity index (χ2v) is 5.19.